The molecule has 0 saturated heterocycles. The van der Waals surface area contributed by atoms with Gasteiger partial charge < -0.3 is 19.9 Å². The fraction of sp³-hybridized carbons (Fsp3) is 0.462. The summed E-state index contributed by atoms with van der Waals surface area (Å²) in [7, 11) is 1.54. The van der Waals surface area contributed by atoms with E-state index in [0.29, 0.717) is 18.0 Å². The maximum atomic E-state index is 11.4. The summed E-state index contributed by atoms with van der Waals surface area (Å²) in [6, 6.07) is 5.40. The largest absolute Gasteiger partial charge is 0.493 e. The van der Waals surface area contributed by atoms with E-state index >= 15 is 0 Å². The lowest BCUT2D eigenvalue weighted by Gasteiger charge is -2.14. The predicted octanol–water partition coefficient (Wildman–Crippen LogP) is 1.48. The summed E-state index contributed by atoms with van der Waals surface area (Å²) in [4.78, 5) is 11.4. The molecule has 0 fully saturated rings. The fourth-order valence-electron chi connectivity index (χ4n) is 1.47. The molecule has 0 bridgehead atoms. The van der Waals surface area contributed by atoms with E-state index < -0.39 is 5.97 Å². The minimum atomic E-state index is -0.418. The zero-order chi connectivity index (χ0) is 13.5. The van der Waals surface area contributed by atoms with Crippen LogP contribution in [0.3, 0.4) is 0 Å². The molecule has 0 heterocycles. The second-order valence-corrected chi connectivity index (χ2v) is 3.98. The summed E-state index contributed by atoms with van der Waals surface area (Å²) >= 11 is 0. The van der Waals surface area contributed by atoms with E-state index in [0.717, 1.165) is 5.56 Å². The third kappa shape index (κ3) is 3.92. The zero-order valence-electron chi connectivity index (χ0n) is 10.9. The van der Waals surface area contributed by atoms with Crippen LogP contribution in [0.25, 0.3) is 0 Å². The van der Waals surface area contributed by atoms with Crippen molar-refractivity contribution < 1.29 is 19.0 Å². The Bertz CT molecular complexity index is 382. The molecule has 0 spiro atoms. The van der Waals surface area contributed by atoms with E-state index in [1.807, 2.05) is 12.1 Å². The van der Waals surface area contributed by atoms with Crippen molar-refractivity contribution in [3.63, 3.8) is 0 Å². The van der Waals surface area contributed by atoms with Crippen LogP contribution in [-0.4, -0.2) is 25.8 Å². The molecule has 0 aromatic heterocycles. The first kappa shape index (κ1) is 14.3. The second kappa shape index (κ2) is 6.86. The van der Waals surface area contributed by atoms with Crippen LogP contribution >= 0.6 is 0 Å². The number of rotatable bonds is 6. The Morgan fingerprint density at radius 3 is 2.67 bits per heavy atom. The number of ether oxygens (including phenoxy) is 3. The van der Waals surface area contributed by atoms with E-state index in [4.69, 9.17) is 19.9 Å². The van der Waals surface area contributed by atoms with Crippen LogP contribution in [0.4, 0.5) is 0 Å². The van der Waals surface area contributed by atoms with Crippen molar-refractivity contribution in [1.29, 1.82) is 0 Å². The smallest absolute Gasteiger partial charge is 0.344 e. The number of nitrogens with two attached hydrogens (primary N) is 1. The van der Waals surface area contributed by atoms with Crippen molar-refractivity contribution in [2.45, 2.75) is 26.5 Å². The highest BCUT2D eigenvalue weighted by molar-refractivity contribution is 5.71. The normalized spacial score (nSPS) is 10.3. The summed E-state index contributed by atoms with van der Waals surface area (Å²) < 4.78 is 15.6. The Hall–Kier alpha value is -1.75. The van der Waals surface area contributed by atoms with Gasteiger partial charge in [0.1, 0.15) is 0 Å². The standard InChI is InChI=1S/C13H19NO4/c1-9(2)18-12(15)8-17-13-10(7-14)5-4-6-11(13)16-3/h4-6,9H,7-8,14H2,1-3H3. The number of carbonyl (C=O) groups is 1. The Labute approximate surface area is 107 Å². The maximum absolute atomic E-state index is 11.4. The molecule has 2 N–H and O–H groups in total. The minimum Gasteiger partial charge on any atom is -0.493 e. The van der Waals surface area contributed by atoms with Gasteiger partial charge in [0.05, 0.1) is 13.2 Å². The molecule has 0 aliphatic rings. The number of hydrogen-bond donors (Lipinski definition) is 1. The number of methoxy groups -OCH3 is 1. The number of para-hydroxylation sites is 1. The number of carbonyl (C=O) groups excluding carboxylic acids is 1. The van der Waals surface area contributed by atoms with Gasteiger partial charge in [0.2, 0.25) is 0 Å². The van der Waals surface area contributed by atoms with Gasteiger partial charge in [-0.25, -0.2) is 4.79 Å². The third-order valence-electron chi connectivity index (χ3n) is 2.20. The topological polar surface area (TPSA) is 70.8 Å². The van der Waals surface area contributed by atoms with Gasteiger partial charge in [0, 0.05) is 12.1 Å². The van der Waals surface area contributed by atoms with Gasteiger partial charge in [-0.1, -0.05) is 12.1 Å². The Kier molecular flexibility index (Phi) is 5.45. The predicted molar refractivity (Wildman–Crippen MR) is 67.6 cm³/mol. The molecule has 0 aliphatic heterocycles. The summed E-state index contributed by atoms with van der Waals surface area (Å²) in [5.74, 6) is 0.623. The van der Waals surface area contributed by atoms with Crippen molar-refractivity contribution >= 4 is 5.97 Å². The van der Waals surface area contributed by atoms with Crippen LogP contribution in [0.5, 0.6) is 11.5 Å². The van der Waals surface area contributed by atoms with Crippen molar-refractivity contribution in [3.05, 3.63) is 23.8 Å². The molecular weight excluding hydrogens is 234 g/mol. The van der Waals surface area contributed by atoms with Gasteiger partial charge in [-0.05, 0) is 19.9 Å². The first-order valence-electron chi connectivity index (χ1n) is 5.76. The Balaban J connectivity index is 2.74. The van der Waals surface area contributed by atoms with Crippen molar-refractivity contribution in [2.24, 2.45) is 5.73 Å². The van der Waals surface area contributed by atoms with Crippen molar-refractivity contribution in [3.8, 4) is 11.5 Å². The molecule has 1 rings (SSSR count). The lowest BCUT2D eigenvalue weighted by atomic mass is 10.2. The molecule has 5 heteroatoms. The molecular formula is C13H19NO4. The minimum absolute atomic E-state index is 0.159. The number of benzene rings is 1. The van der Waals surface area contributed by atoms with Crippen LogP contribution in [0.1, 0.15) is 19.4 Å². The van der Waals surface area contributed by atoms with E-state index in [1.54, 1.807) is 19.9 Å². The summed E-state index contributed by atoms with van der Waals surface area (Å²) in [6.07, 6.45) is -0.159. The SMILES string of the molecule is COc1cccc(CN)c1OCC(=O)OC(C)C. The average Bonchev–Trinajstić information content (AvgIpc) is 2.34. The highest BCUT2D eigenvalue weighted by atomic mass is 16.6. The summed E-state index contributed by atoms with van der Waals surface area (Å²) in [6.45, 7) is 3.72. The lowest BCUT2D eigenvalue weighted by Crippen LogP contribution is -2.19. The van der Waals surface area contributed by atoms with Crippen molar-refractivity contribution in [2.75, 3.05) is 13.7 Å². The van der Waals surface area contributed by atoms with Crippen LogP contribution in [0.15, 0.2) is 18.2 Å². The zero-order valence-corrected chi connectivity index (χ0v) is 10.9. The highest BCUT2D eigenvalue weighted by Gasteiger charge is 2.12. The molecule has 1 aromatic rings. The van der Waals surface area contributed by atoms with Crippen molar-refractivity contribution in [1.82, 2.24) is 0 Å². The molecule has 0 unspecified atom stereocenters. The van der Waals surface area contributed by atoms with Crippen LogP contribution in [0, 0.1) is 0 Å². The molecule has 0 atom stereocenters. The van der Waals surface area contributed by atoms with Gasteiger partial charge >= 0.3 is 5.97 Å². The first-order valence-corrected chi connectivity index (χ1v) is 5.76. The van der Waals surface area contributed by atoms with Gasteiger partial charge in [-0.2, -0.15) is 0 Å². The van der Waals surface area contributed by atoms with E-state index in [1.165, 1.54) is 7.11 Å². The molecule has 0 saturated carbocycles. The average molecular weight is 253 g/mol. The van der Waals surface area contributed by atoms with E-state index in [-0.39, 0.29) is 12.7 Å². The number of hydrogen-bond acceptors (Lipinski definition) is 5. The summed E-state index contributed by atoms with van der Waals surface area (Å²) in [5, 5.41) is 0. The first-order chi connectivity index (χ1) is 8.58. The second-order valence-electron chi connectivity index (χ2n) is 3.98. The monoisotopic (exact) mass is 253 g/mol. The molecule has 1 aromatic carbocycles. The maximum Gasteiger partial charge on any atom is 0.344 e. The van der Waals surface area contributed by atoms with Crippen LogP contribution < -0.4 is 15.2 Å². The quantitative estimate of drug-likeness (QED) is 0.778. The van der Waals surface area contributed by atoms with Crippen LogP contribution in [0.2, 0.25) is 0 Å². The Morgan fingerprint density at radius 2 is 2.11 bits per heavy atom. The summed E-state index contributed by atoms with van der Waals surface area (Å²) in [5.41, 5.74) is 6.39. The fourth-order valence-corrected chi connectivity index (χ4v) is 1.47. The van der Waals surface area contributed by atoms with Gasteiger partial charge in [-0.15, -0.1) is 0 Å². The molecule has 100 valence electrons. The molecule has 5 nitrogen and oxygen atoms in total. The molecule has 18 heavy (non-hydrogen) atoms. The third-order valence-corrected chi connectivity index (χ3v) is 2.20. The Morgan fingerprint density at radius 1 is 1.39 bits per heavy atom. The highest BCUT2D eigenvalue weighted by Crippen LogP contribution is 2.30. The molecule has 0 amide bonds. The molecule has 0 aliphatic carbocycles. The molecule has 0 radical (unpaired) electrons. The van der Waals surface area contributed by atoms with E-state index in [9.17, 15) is 4.79 Å². The van der Waals surface area contributed by atoms with Gasteiger partial charge in [0.25, 0.3) is 0 Å². The van der Waals surface area contributed by atoms with Crippen LogP contribution in [-0.2, 0) is 16.1 Å². The van der Waals surface area contributed by atoms with E-state index in [2.05, 4.69) is 0 Å². The lowest BCUT2D eigenvalue weighted by molar-refractivity contribution is -0.149. The van der Waals surface area contributed by atoms with Gasteiger partial charge in [-0.3, -0.25) is 0 Å². The van der Waals surface area contributed by atoms with Gasteiger partial charge in [0.15, 0.2) is 18.1 Å². The number of esters is 1.